The lowest BCUT2D eigenvalue weighted by Crippen LogP contribution is -2.17. The first kappa shape index (κ1) is 12.0. The van der Waals surface area contributed by atoms with E-state index in [1.54, 1.807) is 0 Å². The lowest BCUT2D eigenvalue weighted by Gasteiger charge is -2.07. The molecule has 1 aliphatic rings. The zero-order valence-electron chi connectivity index (χ0n) is 11.3. The average Bonchev–Trinajstić information content (AvgIpc) is 2.90. The monoisotopic (exact) mass is 256 g/mol. The molecular weight excluding hydrogens is 240 g/mol. The number of aldehydes is 1. The van der Waals surface area contributed by atoms with E-state index in [9.17, 15) is 4.79 Å². The van der Waals surface area contributed by atoms with Crippen LogP contribution in [-0.4, -0.2) is 29.3 Å². The van der Waals surface area contributed by atoms with E-state index in [0.717, 1.165) is 28.3 Å². The van der Waals surface area contributed by atoms with Gasteiger partial charge in [-0.1, -0.05) is 0 Å². The maximum atomic E-state index is 10.8. The highest BCUT2D eigenvalue weighted by Crippen LogP contribution is 2.26. The van der Waals surface area contributed by atoms with Crippen LogP contribution < -0.4 is 0 Å². The molecule has 0 aliphatic carbocycles. The Bertz CT molecular complexity index is 695. The zero-order chi connectivity index (χ0) is 13.6. The number of ether oxygens (including phenoxy) is 1. The molecule has 1 N–H and O–H groups in total. The third-order valence-electron chi connectivity index (χ3n) is 3.31. The Hall–Kier alpha value is -2.10. The standard InChI is InChI=1S/C15H16N2O2/c1-9-4-10-5-11(7-18)16-13(10)6-12(9)14-17-15(2,3)8-19-14/h4-7,16H,8H2,1-3H3. The van der Waals surface area contributed by atoms with Gasteiger partial charge in [0.1, 0.15) is 6.61 Å². The van der Waals surface area contributed by atoms with Gasteiger partial charge in [0.2, 0.25) is 5.90 Å². The summed E-state index contributed by atoms with van der Waals surface area (Å²) >= 11 is 0. The van der Waals surface area contributed by atoms with Gasteiger partial charge in [-0.05, 0) is 44.5 Å². The Morgan fingerprint density at radius 1 is 1.37 bits per heavy atom. The smallest absolute Gasteiger partial charge is 0.217 e. The molecule has 2 aromatic rings. The van der Waals surface area contributed by atoms with Crippen LogP contribution in [0.25, 0.3) is 10.9 Å². The van der Waals surface area contributed by atoms with Gasteiger partial charge in [0.15, 0.2) is 6.29 Å². The predicted octanol–water partition coefficient (Wildman–Crippen LogP) is 2.84. The summed E-state index contributed by atoms with van der Waals surface area (Å²) in [4.78, 5) is 18.5. The zero-order valence-corrected chi connectivity index (χ0v) is 11.3. The van der Waals surface area contributed by atoms with E-state index in [1.165, 1.54) is 0 Å². The minimum atomic E-state index is -0.166. The summed E-state index contributed by atoms with van der Waals surface area (Å²) in [7, 11) is 0. The first-order valence-electron chi connectivity index (χ1n) is 6.30. The van der Waals surface area contributed by atoms with Crippen LogP contribution in [0, 0.1) is 6.92 Å². The van der Waals surface area contributed by atoms with Gasteiger partial charge in [0.05, 0.1) is 11.2 Å². The van der Waals surface area contributed by atoms with Crippen LogP contribution in [0.15, 0.2) is 23.2 Å². The third-order valence-corrected chi connectivity index (χ3v) is 3.31. The molecule has 4 heteroatoms. The number of hydrogen-bond acceptors (Lipinski definition) is 3. The maximum Gasteiger partial charge on any atom is 0.217 e. The fourth-order valence-corrected chi connectivity index (χ4v) is 2.33. The second-order valence-corrected chi connectivity index (χ2v) is 5.61. The number of aromatic nitrogens is 1. The van der Waals surface area contributed by atoms with Crippen LogP contribution >= 0.6 is 0 Å². The molecule has 4 nitrogen and oxygen atoms in total. The van der Waals surface area contributed by atoms with E-state index >= 15 is 0 Å². The number of nitrogens with zero attached hydrogens (tertiary/aromatic N) is 1. The van der Waals surface area contributed by atoms with Crippen LogP contribution in [-0.2, 0) is 4.74 Å². The van der Waals surface area contributed by atoms with E-state index in [1.807, 2.05) is 39.0 Å². The number of rotatable bonds is 2. The molecule has 0 unspecified atom stereocenters. The summed E-state index contributed by atoms with van der Waals surface area (Å²) < 4.78 is 5.68. The van der Waals surface area contributed by atoms with Gasteiger partial charge in [0.25, 0.3) is 0 Å². The average molecular weight is 256 g/mol. The Morgan fingerprint density at radius 2 is 2.16 bits per heavy atom. The van der Waals surface area contributed by atoms with E-state index < -0.39 is 0 Å². The lowest BCUT2D eigenvalue weighted by atomic mass is 10.1. The number of fused-ring (bicyclic) bond motifs is 1. The van der Waals surface area contributed by atoms with E-state index in [2.05, 4.69) is 9.98 Å². The number of aryl methyl sites for hydroxylation is 1. The molecule has 0 saturated carbocycles. The lowest BCUT2D eigenvalue weighted by molar-refractivity contribution is 0.112. The number of nitrogens with one attached hydrogen (secondary N) is 1. The van der Waals surface area contributed by atoms with Crippen molar-refractivity contribution >= 4 is 23.1 Å². The van der Waals surface area contributed by atoms with E-state index in [0.29, 0.717) is 18.2 Å². The predicted molar refractivity (Wildman–Crippen MR) is 75.0 cm³/mol. The summed E-state index contributed by atoms with van der Waals surface area (Å²) in [6.07, 6.45) is 0.821. The van der Waals surface area contributed by atoms with E-state index in [-0.39, 0.29) is 5.54 Å². The summed E-state index contributed by atoms with van der Waals surface area (Å²) in [5, 5.41) is 1.03. The fraction of sp³-hybridized carbons (Fsp3) is 0.333. The quantitative estimate of drug-likeness (QED) is 0.840. The molecule has 19 heavy (non-hydrogen) atoms. The van der Waals surface area contributed by atoms with Crippen LogP contribution in [0.3, 0.4) is 0 Å². The normalized spacial score (nSPS) is 17.3. The van der Waals surface area contributed by atoms with Crippen LogP contribution in [0.1, 0.15) is 35.5 Å². The molecule has 98 valence electrons. The van der Waals surface area contributed by atoms with Crippen molar-refractivity contribution in [1.82, 2.24) is 4.98 Å². The van der Waals surface area contributed by atoms with Crippen molar-refractivity contribution in [2.75, 3.05) is 6.61 Å². The van der Waals surface area contributed by atoms with Gasteiger partial charge < -0.3 is 9.72 Å². The number of hydrogen-bond donors (Lipinski definition) is 1. The van der Waals surface area contributed by atoms with Crippen LogP contribution in [0.4, 0.5) is 0 Å². The molecule has 2 heterocycles. The molecule has 0 spiro atoms. The molecule has 0 radical (unpaired) electrons. The third kappa shape index (κ3) is 2.03. The van der Waals surface area contributed by atoms with Crippen LogP contribution in [0.5, 0.6) is 0 Å². The van der Waals surface area contributed by atoms with Crippen molar-refractivity contribution in [3.05, 3.63) is 35.0 Å². The largest absolute Gasteiger partial charge is 0.475 e. The van der Waals surface area contributed by atoms with Crippen molar-refractivity contribution in [1.29, 1.82) is 0 Å². The Balaban J connectivity index is 2.14. The molecule has 0 saturated heterocycles. The second-order valence-electron chi connectivity index (χ2n) is 5.61. The molecule has 1 aliphatic heterocycles. The molecule has 0 amide bonds. The maximum absolute atomic E-state index is 10.8. The molecule has 1 aromatic heterocycles. The van der Waals surface area contributed by atoms with Crippen molar-refractivity contribution in [2.24, 2.45) is 4.99 Å². The van der Waals surface area contributed by atoms with Gasteiger partial charge in [-0.25, -0.2) is 4.99 Å². The van der Waals surface area contributed by atoms with Gasteiger partial charge in [0, 0.05) is 16.5 Å². The van der Waals surface area contributed by atoms with Crippen molar-refractivity contribution in [3.63, 3.8) is 0 Å². The Morgan fingerprint density at radius 3 is 2.79 bits per heavy atom. The number of carbonyl (C=O) groups is 1. The van der Waals surface area contributed by atoms with Gasteiger partial charge >= 0.3 is 0 Å². The SMILES string of the molecule is Cc1cc2cc(C=O)[nH]c2cc1C1=NC(C)(C)CO1. The Kier molecular flexibility index (Phi) is 2.49. The summed E-state index contributed by atoms with van der Waals surface area (Å²) in [6, 6.07) is 5.89. The van der Waals surface area contributed by atoms with Crippen molar-refractivity contribution < 1.29 is 9.53 Å². The molecule has 1 aromatic carbocycles. The minimum absolute atomic E-state index is 0.166. The number of carbonyl (C=O) groups excluding carboxylic acids is 1. The van der Waals surface area contributed by atoms with Crippen LogP contribution in [0.2, 0.25) is 0 Å². The number of benzene rings is 1. The molecule has 0 fully saturated rings. The molecule has 0 atom stereocenters. The first-order valence-corrected chi connectivity index (χ1v) is 6.30. The molecule has 3 rings (SSSR count). The number of aliphatic imine (C=N–C) groups is 1. The van der Waals surface area contributed by atoms with E-state index in [4.69, 9.17) is 4.74 Å². The fourth-order valence-electron chi connectivity index (χ4n) is 2.33. The summed E-state index contributed by atoms with van der Waals surface area (Å²) in [5.74, 6) is 0.687. The van der Waals surface area contributed by atoms with Crippen molar-refractivity contribution in [3.8, 4) is 0 Å². The van der Waals surface area contributed by atoms with Gasteiger partial charge in [-0.2, -0.15) is 0 Å². The number of H-pyrrole nitrogens is 1. The second kappa shape index (κ2) is 3.95. The van der Waals surface area contributed by atoms with Gasteiger partial charge in [-0.15, -0.1) is 0 Å². The topological polar surface area (TPSA) is 54.5 Å². The first-order chi connectivity index (χ1) is 8.98. The Labute approximate surface area is 111 Å². The highest BCUT2D eigenvalue weighted by Gasteiger charge is 2.27. The molecule has 0 bridgehead atoms. The highest BCUT2D eigenvalue weighted by molar-refractivity contribution is 6.01. The summed E-state index contributed by atoms with van der Waals surface area (Å²) in [5.41, 5.74) is 3.43. The van der Waals surface area contributed by atoms with Gasteiger partial charge in [-0.3, -0.25) is 4.79 Å². The summed E-state index contributed by atoms with van der Waals surface area (Å²) in [6.45, 7) is 6.73. The molecular formula is C15H16N2O2. The minimum Gasteiger partial charge on any atom is -0.475 e. The van der Waals surface area contributed by atoms with Crippen molar-refractivity contribution in [2.45, 2.75) is 26.3 Å². The highest BCUT2D eigenvalue weighted by atomic mass is 16.5. The number of aromatic amines is 1.